The second-order valence-electron chi connectivity index (χ2n) is 7.35. The second kappa shape index (κ2) is 7.60. The predicted molar refractivity (Wildman–Crippen MR) is 122 cm³/mol. The molecule has 1 heterocycles. The Hall–Kier alpha value is -3.72. The maximum atomic E-state index is 5.54. The molecule has 1 aliphatic rings. The molecule has 0 radical (unpaired) electrons. The highest BCUT2D eigenvalue weighted by atomic mass is 16.5. The van der Waals surface area contributed by atoms with E-state index in [-0.39, 0.29) is 6.04 Å². The first-order valence-corrected chi connectivity index (χ1v) is 10.1. The van der Waals surface area contributed by atoms with Crippen molar-refractivity contribution in [3.8, 4) is 22.6 Å². The molecular formula is C27H23NO2. The monoisotopic (exact) mass is 393 g/mol. The number of fused-ring (bicyclic) bond motifs is 3. The minimum atomic E-state index is 0.0513. The first kappa shape index (κ1) is 18.3. The van der Waals surface area contributed by atoms with E-state index in [1.54, 1.807) is 14.2 Å². The summed E-state index contributed by atoms with van der Waals surface area (Å²) in [5.41, 5.74) is 7.22. The van der Waals surface area contributed by atoms with E-state index >= 15 is 0 Å². The Kier molecular flexibility index (Phi) is 4.64. The van der Waals surface area contributed by atoms with Gasteiger partial charge in [-0.05, 0) is 59.2 Å². The fourth-order valence-electron chi connectivity index (χ4n) is 4.32. The van der Waals surface area contributed by atoms with Crippen molar-refractivity contribution in [2.45, 2.75) is 6.04 Å². The Morgan fingerprint density at radius 1 is 0.633 bits per heavy atom. The van der Waals surface area contributed by atoms with Crippen LogP contribution in [0, 0.1) is 0 Å². The third-order valence-corrected chi connectivity index (χ3v) is 5.73. The maximum absolute atomic E-state index is 5.54. The average Bonchev–Trinajstić information content (AvgIpc) is 2.83. The molecule has 0 bridgehead atoms. The quantitative estimate of drug-likeness (QED) is 0.389. The van der Waals surface area contributed by atoms with Crippen LogP contribution in [0.5, 0.6) is 11.5 Å². The summed E-state index contributed by atoms with van der Waals surface area (Å²) in [6.45, 7) is 0. The van der Waals surface area contributed by atoms with Crippen LogP contribution in [0.25, 0.3) is 11.1 Å². The molecule has 0 fully saturated rings. The van der Waals surface area contributed by atoms with Gasteiger partial charge in [0.05, 0.1) is 25.9 Å². The Labute approximate surface area is 177 Å². The molecule has 0 saturated carbocycles. The van der Waals surface area contributed by atoms with Crippen LogP contribution in [-0.4, -0.2) is 14.2 Å². The normalized spacial score (nSPS) is 14.6. The highest BCUT2D eigenvalue weighted by Crippen LogP contribution is 2.51. The number of hydrogen-bond donors (Lipinski definition) is 0. The van der Waals surface area contributed by atoms with Gasteiger partial charge in [-0.25, -0.2) is 0 Å². The Morgan fingerprint density at radius 2 is 1.30 bits per heavy atom. The van der Waals surface area contributed by atoms with Gasteiger partial charge in [-0.1, -0.05) is 54.6 Å². The minimum absolute atomic E-state index is 0.0513. The van der Waals surface area contributed by atoms with Gasteiger partial charge in [0.15, 0.2) is 0 Å². The van der Waals surface area contributed by atoms with Crippen molar-refractivity contribution in [1.29, 1.82) is 0 Å². The van der Waals surface area contributed by atoms with E-state index in [0.29, 0.717) is 0 Å². The third-order valence-electron chi connectivity index (χ3n) is 5.73. The number of para-hydroxylation sites is 1. The van der Waals surface area contributed by atoms with Crippen LogP contribution in [0.1, 0.15) is 17.2 Å². The number of nitrogens with zero attached hydrogens (tertiary/aromatic N) is 1. The predicted octanol–water partition coefficient (Wildman–Crippen LogP) is 6.61. The van der Waals surface area contributed by atoms with Crippen LogP contribution in [0.4, 0.5) is 11.4 Å². The molecule has 4 aromatic carbocycles. The van der Waals surface area contributed by atoms with Crippen LogP contribution >= 0.6 is 0 Å². The lowest BCUT2D eigenvalue weighted by molar-refractivity contribution is 0.414. The van der Waals surface area contributed by atoms with Gasteiger partial charge < -0.3 is 14.4 Å². The molecule has 1 atom stereocenters. The summed E-state index contributed by atoms with van der Waals surface area (Å²) in [5, 5.41) is 0. The van der Waals surface area contributed by atoms with Crippen molar-refractivity contribution in [2.24, 2.45) is 0 Å². The minimum Gasteiger partial charge on any atom is -0.497 e. The van der Waals surface area contributed by atoms with Crippen LogP contribution in [0.15, 0.2) is 97.1 Å². The highest BCUT2D eigenvalue weighted by molar-refractivity contribution is 5.90. The molecule has 148 valence electrons. The first-order chi connectivity index (χ1) is 14.8. The highest BCUT2D eigenvalue weighted by Gasteiger charge is 2.33. The lowest BCUT2D eigenvalue weighted by Gasteiger charge is -2.40. The van der Waals surface area contributed by atoms with Crippen molar-refractivity contribution in [1.82, 2.24) is 0 Å². The third kappa shape index (κ3) is 3.00. The van der Waals surface area contributed by atoms with E-state index in [4.69, 9.17) is 9.47 Å². The number of anilines is 2. The zero-order valence-electron chi connectivity index (χ0n) is 17.1. The van der Waals surface area contributed by atoms with Crippen LogP contribution < -0.4 is 14.4 Å². The number of hydrogen-bond acceptors (Lipinski definition) is 3. The van der Waals surface area contributed by atoms with Crippen molar-refractivity contribution < 1.29 is 9.47 Å². The largest absolute Gasteiger partial charge is 0.497 e. The van der Waals surface area contributed by atoms with Gasteiger partial charge in [0.1, 0.15) is 11.5 Å². The summed E-state index contributed by atoms with van der Waals surface area (Å²) in [4.78, 5) is 2.42. The Balaban J connectivity index is 1.78. The van der Waals surface area contributed by atoms with Crippen LogP contribution in [0.3, 0.4) is 0 Å². The Bertz CT molecular complexity index is 1170. The molecule has 0 aliphatic carbocycles. The molecule has 0 N–H and O–H groups in total. The lowest BCUT2D eigenvalue weighted by Crippen LogP contribution is -2.29. The molecular weight excluding hydrogens is 370 g/mol. The molecule has 4 aromatic rings. The SMILES string of the molecule is COc1ccc(C2c3ccccc3-c3cc(OC)ccc3N2c2ccccc2)cc1. The van der Waals surface area contributed by atoms with Crippen LogP contribution in [0.2, 0.25) is 0 Å². The topological polar surface area (TPSA) is 21.7 Å². The average molecular weight is 393 g/mol. The van der Waals surface area contributed by atoms with E-state index in [0.717, 1.165) is 17.2 Å². The molecule has 1 aliphatic heterocycles. The summed E-state index contributed by atoms with van der Waals surface area (Å²) in [6.07, 6.45) is 0. The standard InChI is InChI=1S/C27H23NO2/c1-29-21-14-12-19(13-15-21)27-24-11-7-6-10-23(24)25-18-22(30-2)16-17-26(25)28(27)20-8-4-3-5-9-20/h3-18,27H,1-2H3. The van der Waals surface area contributed by atoms with Crippen molar-refractivity contribution in [2.75, 3.05) is 19.1 Å². The molecule has 1 unspecified atom stereocenters. The van der Waals surface area contributed by atoms with E-state index < -0.39 is 0 Å². The zero-order chi connectivity index (χ0) is 20.5. The fraction of sp³-hybridized carbons (Fsp3) is 0.111. The van der Waals surface area contributed by atoms with Crippen molar-refractivity contribution >= 4 is 11.4 Å². The Morgan fingerprint density at radius 3 is 2.03 bits per heavy atom. The number of methoxy groups -OCH3 is 2. The van der Waals surface area contributed by atoms with E-state index in [1.807, 2.05) is 18.2 Å². The van der Waals surface area contributed by atoms with Gasteiger partial charge in [-0.15, -0.1) is 0 Å². The first-order valence-electron chi connectivity index (χ1n) is 10.1. The summed E-state index contributed by atoms with van der Waals surface area (Å²) in [7, 11) is 3.41. The molecule has 0 amide bonds. The van der Waals surface area contributed by atoms with Crippen molar-refractivity contribution in [3.05, 3.63) is 108 Å². The number of rotatable bonds is 4. The molecule has 3 nitrogen and oxygen atoms in total. The molecule has 30 heavy (non-hydrogen) atoms. The lowest BCUT2D eigenvalue weighted by atomic mass is 9.84. The van der Waals surface area contributed by atoms with Gasteiger partial charge in [0.25, 0.3) is 0 Å². The molecule has 3 heteroatoms. The summed E-state index contributed by atoms with van der Waals surface area (Å²) >= 11 is 0. The zero-order valence-corrected chi connectivity index (χ0v) is 17.1. The van der Waals surface area contributed by atoms with E-state index in [2.05, 4.69) is 83.8 Å². The molecule has 0 aromatic heterocycles. The molecule has 0 spiro atoms. The number of ether oxygens (including phenoxy) is 2. The second-order valence-corrected chi connectivity index (χ2v) is 7.35. The van der Waals surface area contributed by atoms with E-state index in [9.17, 15) is 0 Å². The smallest absolute Gasteiger partial charge is 0.119 e. The van der Waals surface area contributed by atoms with Gasteiger partial charge in [-0.3, -0.25) is 0 Å². The van der Waals surface area contributed by atoms with Crippen molar-refractivity contribution in [3.63, 3.8) is 0 Å². The van der Waals surface area contributed by atoms with Gasteiger partial charge in [0, 0.05) is 11.3 Å². The van der Waals surface area contributed by atoms with Gasteiger partial charge >= 0.3 is 0 Å². The molecule has 5 rings (SSSR count). The maximum Gasteiger partial charge on any atom is 0.119 e. The summed E-state index contributed by atoms with van der Waals surface area (Å²) in [5.74, 6) is 1.72. The summed E-state index contributed by atoms with van der Waals surface area (Å²) in [6, 6.07) is 34.0. The molecule has 0 saturated heterocycles. The van der Waals surface area contributed by atoms with E-state index in [1.165, 1.54) is 27.9 Å². The fourth-order valence-corrected chi connectivity index (χ4v) is 4.32. The summed E-state index contributed by atoms with van der Waals surface area (Å²) < 4.78 is 10.9. The number of benzene rings is 4. The van der Waals surface area contributed by atoms with Gasteiger partial charge in [0.2, 0.25) is 0 Å². The van der Waals surface area contributed by atoms with Crippen LogP contribution in [-0.2, 0) is 0 Å². The van der Waals surface area contributed by atoms with Gasteiger partial charge in [-0.2, -0.15) is 0 Å².